The van der Waals surface area contributed by atoms with Crippen LogP contribution in [0.5, 0.6) is 11.5 Å². The summed E-state index contributed by atoms with van der Waals surface area (Å²) in [5, 5.41) is 12.0. The number of nitrogens with one attached hydrogen (secondary N) is 1. The Morgan fingerprint density at radius 3 is 2.68 bits per heavy atom. The van der Waals surface area contributed by atoms with E-state index >= 15 is 0 Å². The molecular weight excluding hydrogens is 405 g/mol. The zero-order valence-electron chi connectivity index (χ0n) is 16.7. The van der Waals surface area contributed by atoms with Gasteiger partial charge in [-0.2, -0.15) is 0 Å². The van der Waals surface area contributed by atoms with E-state index in [1.54, 1.807) is 25.1 Å². The Bertz CT molecular complexity index is 1190. The van der Waals surface area contributed by atoms with Gasteiger partial charge < -0.3 is 19.9 Å². The van der Waals surface area contributed by atoms with Crippen LogP contribution in [0, 0.1) is 12.7 Å². The van der Waals surface area contributed by atoms with Gasteiger partial charge in [0.1, 0.15) is 18.2 Å². The Labute approximate surface area is 176 Å². The van der Waals surface area contributed by atoms with Gasteiger partial charge in [-0.3, -0.25) is 14.2 Å². The average molecular weight is 425 g/mol. The lowest BCUT2D eigenvalue weighted by atomic mass is 10.1. The number of rotatable bonds is 6. The monoisotopic (exact) mass is 425 g/mol. The van der Waals surface area contributed by atoms with Crippen molar-refractivity contribution in [1.29, 1.82) is 0 Å². The number of aryl methyl sites for hydroxylation is 1. The maximum atomic E-state index is 13.4. The van der Waals surface area contributed by atoms with E-state index in [0.29, 0.717) is 34.0 Å². The molecule has 1 amide bonds. The van der Waals surface area contributed by atoms with E-state index in [1.807, 2.05) is 0 Å². The largest absolute Gasteiger partial charge is 0.454 e. The van der Waals surface area contributed by atoms with Gasteiger partial charge in [-0.25, -0.2) is 9.37 Å². The summed E-state index contributed by atoms with van der Waals surface area (Å²) < 4.78 is 25.2. The van der Waals surface area contributed by atoms with E-state index < -0.39 is 17.3 Å². The summed E-state index contributed by atoms with van der Waals surface area (Å²) in [6.07, 6.45) is 0.116. The number of halogens is 1. The molecule has 31 heavy (non-hydrogen) atoms. The highest BCUT2D eigenvalue weighted by Gasteiger charge is 2.19. The zero-order valence-corrected chi connectivity index (χ0v) is 16.7. The maximum Gasteiger partial charge on any atom is 0.257 e. The van der Waals surface area contributed by atoms with E-state index in [2.05, 4.69) is 10.3 Å². The molecule has 2 N–H and O–H groups in total. The Hall–Kier alpha value is -3.72. The van der Waals surface area contributed by atoms with Gasteiger partial charge in [-0.1, -0.05) is 0 Å². The highest BCUT2D eigenvalue weighted by atomic mass is 19.1. The number of hydrogen-bond donors (Lipinski definition) is 2. The van der Waals surface area contributed by atoms with Crippen molar-refractivity contribution < 1.29 is 23.8 Å². The van der Waals surface area contributed by atoms with Crippen LogP contribution in [0.1, 0.15) is 11.3 Å². The van der Waals surface area contributed by atoms with Crippen molar-refractivity contribution >= 4 is 11.6 Å². The first-order valence-corrected chi connectivity index (χ1v) is 9.63. The molecule has 1 aliphatic rings. The number of anilines is 1. The van der Waals surface area contributed by atoms with Crippen LogP contribution in [0.3, 0.4) is 0 Å². The number of fused-ring (bicyclic) bond motifs is 1. The van der Waals surface area contributed by atoms with Crippen molar-refractivity contribution in [1.82, 2.24) is 9.55 Å². The molecule has 0 bridgehead atoms. The fourth-order valence-corrected chi connectivity index (χ4v) is 3.38. The van der Waals surface area contributed by atoms with E-state index in [1.165, 1.54) is 28.8 Å². The zero-order chi connectivity index (χ0) is 22.0. The van der Waals surface area contributed by atoms with E-state index in [4.69, 9.17) is 9.47 Å². The third-order valence-corrected chi connectivity index (χ3v) is 4.89. The van der Waals surface area contributed by atoms with Gasteiger partial charge >= 0.3 is 0 Å². The molecule has 0 saturated carbocycles. The van der Waals surface area contributed by atoms with Crippen LogP contribution in [0.4, 0.5) is 10.1 Å². The normalized spacial score (nSPS) is 12.1. The number of ether oxygens (including phenoxy) is 2. The van der Waals surface area contributed by atoms with E-state index in [0.717, 1.165) is 0 Å². The Morgan fingerprint density at radius 2 is 1.94 bits per heavy atom. The summed E-state index contributed by atoms with van der Waals surface area (Å²) in [5.74, 6) is 0.468. The summed E-state index contributed by atoms with van der Waals surface area (Å²) in [5.41, 5.74) is 1.33. The molecule has 3 aromatic rings. The molecule has 2 heterocycles. The molecule has 0 fully saturated rings. The van der Waals surface area contributed by atoms with Crippen molar-refractivity contribution in [2.45, 2.75) is 19.9 Å². The molecule has 4 rings (SSSR count). The first-order valence-electron chi connectivity index (χ1n) is 9.63. The minimum atomic E-state index is -0.454. The number of aliphatic hydroxyl groups excluding tert-OH is 1. The molecule has 0 aliphatic carbocycles. The second-order valence-corrected chi connectivity index (χ2v) is 6.99. The Morgan fingerprint density at radius 1 is 1.19 bits per heavy atom. The number of aliphatic hydroxyl groups is 1. The predicted octanol–water partition coefficient (Wildman–Crippen LogP) is 2.26. The lowest BCUT2D eigenvalue weighted by Gasteiger charge is -2.16. The molecule has 9 heteroatoms. The lowest BCUT2D eigenvalue weighted by molar-refractivity contribution is -0.116. The average Bonchev–Trinajstić information content (AvgIpc) is 3.21. The second-order valence-electron chi connectivity index (χ2n) is 6.99. The smallest absolute Gasteiger partial charge is 0.257 e. The molecule has 0 spiro atoms. The third-order valence-electron chi connectivity index (χ3n) is 4.89. The van der Waals surface area contributed by atoms with E-state index in [9.17, 15) is 19.1 Å². The fraction of sp³-hybridized carbons (Fsp3) is 0.227. The third kappa shape index (κ3) is 4.26. The maximum absolute atomic E-state index is 13.4. The standard InChI is InChI=1S/C22H20FN3O5/c1-13-17(8-9-27)22(29)26(21(24-13)14-2-4-15(23)5-3-14)11-20(28)25-16-6-7-18-19(10-16)31-12-30-18/h2-7,10,27H,8-9,11-12H2,1H3,(H,25,28). The molecular formula is C22H20FN3O5. The lowest BCUT2D eigenvalue weighted by Crippen LogP contribution is -2.33. The number of carbonyl (C=O) groups is 1. The van der Waals surface area contributed by atoms with Crippen molar-refractivity contribution in [3.8, 4) is 22.9 Å². The minimum absolute atomic E-state index is 0.116. The van der Waals surface area contributed by atoms with Gasteiger partial charge in [0.05, 0.1) is 0 Å². The molecule has 1 aromatic heterocycles. The van der Waals surface area contributed by atoms with Crippen LogP contribution in [0.25, 0.3) is 11.4 Å². The number of benzene rings is 2. The topological polar surface area (TPSA) is 103 Å². The second kappa shape index (κ2) is 8.57. The molecule has 0 unspecified atom stereocenters. The molecule has 0 radical (unpaired) electrons. The summed E-state index contributed by atoms with van der Waals surface area (Å²) in [4.78, 5) is 30.3. The summed E-state index contributed by atoms with van der Waals surface area (Å²) in [6.45, 7) is 1.24. The van der Waals surface area contributed by atoms with Crippen molar-refractivity contribution in [2.24, 2.45) is 0 Å². The highest BCUT2D eigenvalue weighted by molar-refractivity contribution is 5.91. The first kappa shape index (κ1) is 20.5. The van der Waals surface area contributed by atoms with Crippen LogP contribution in [-0.2, 0) is 17.8 Å². The number of aromatic nitrogens is 2. The Kier molecular flexibility index (Phi) is 5.68. The number of carbonyl (C=O) groups excluding carboxylic acids is 1. The van der Waals surface area contributed by atoms with E-state index in [-0.39, 0.29) is 32.2 Å². The first-order chi connectivity index (χ1) is 15.0. The van der Waals surface area contributed by atoms with Crippen LogP contribution in [0.15, 0.2) is 47.3 Å². The van der Waals surface area contributed by atoms with Crippen LogP contribution >= 0.6 is 0 Å². The van der Waals surface area contributed by atoms with Gasteiger partial charge in [0.2, 0.25) is 12.7 Å². The predicted molar refractivity (Wildman–Crippen MR) is 111 cm³/mol. The molecule has 0 saturated heterocycles. The summed E-state index contributed by atoms with van der Waals surface area (Å²) in [7, 11) is 0. The summed E-state index contributed by atoms with van der Waals surface area (Å²) in [6, 6.07) is 10.5. The van der Waals surface area contributed by atoms with Crippen LogP contribution in [0.2, 0.25) is 0 Å². The molecule has 2 aromatic carbocycles. The molecule has 8 nitrogen and oxygen atoms in total. The number of hydrogen-bond acceptors (Lipinski definition) is 6. The Balaban J connectivity index is 1.68. The number of nitrogens with zero attached hydrogens (tertiary/aromatic N) is 2. The highest BCUT2D eigenvalue weighted by Crippen LogP contribution is 2.34. The van der Waals surface area contributed by atoms with Crippen molar-refractivity contribution in [3.63, 3.8) is 0 Å². The van der Waals surface area contributed by atoms with Gasteiger partial charge in [0.25, 0.3) is 5.56 Å². The quantitative estimate of drug-likeness (QED) is 0.628. The van der Waals surface area contributed by atoms with Crippen LogP contribution in [-0.4, -0.2) is 34.0 Å². The fourth-order valence-electron chi connectivity index (χ4n) is 3.38. The summed E-state index contributed by atoms with van der Waals surface area (Å²) >= 11 is 0. The van der Waals surface area contributed by atoms with Gasteiger partial charge in [-0.05, 0) is 43.3 Å². The minimum Gasteiger partial charge on any atom is -0.454 e. The SMILES string of the molecule is Cc1nc(-c2ccc(F)cc2)n(CC(=O)Nc2ccc3c(c2)OCO3)c(=O)c1CCO. The van der Waals surface area contributed by atoms with Gasteiger partial charge in [0, 0.05) is 41.6 Å². The van der Waals surface area contributed by atoms with Gasteiger partial charge in [-0.15, -0.1) is 0 Å². The van der Waals surface area contributed by atoms with Gasteiger partial charge in [0.15, 0.2) is 11.5 Å². The molecule has 1 aliphatic heterocycles. The molecule has 160 valence electrons. The van der Waals surface area contributed by atoms with Crippen molar-refractivity contribution in [3.05, 3.63) is 69.9 Å². The number of amides is 1. The van der Waals surface area contributed by atoms with Crippen LogP contribution < -0.4 is 20.3 Å². The van der Waals surface area contributed by atoms with Crippen molar-refractivity contribution in [2.75, 3.05) is 18.7 Å². The molecule has 0 atom stereocenters.